The highest BCUT2D eigenvalue weighted by atomic mass is 79.9. The van der Waals surface area contributed by atoms with Crippen LogP contribution in [0.1, 0.15) is 13.3 Å². The topological polar surface area (TPSA) is 94.3 Å². The van der Waals surface area contributed by atoms with Crippen LogP contribution in [0.3, 0.4) is 0 Å². The summed E-state index contributed by atoms with van der Waals surface area (Å²) in [7, 11) is -1.93. The number of anilines is 2. The molecule has 6 nitrogen and oxygen atoms in total. The molecule has 23 heavy (non-hydrogen) atoms. The number of nitrogens with two attached hydrogens (primary N) is 1. The average molecular weight is 400 g/mol. The van der Waals surface area contributed by atoms with E-state index in [1.807, 2.05) is 6.07 Å². The van der Waals surface area contributed by atoms with Gasteiger partial charge in [0.1, 0.15) is 11.6 Å². The summed E-state index contributed by atoms with van der Waals surface area (Å²) in [5.41, 5.74) is 7.74. The van der Waals surface area contributed by atoms with Crippen LogP contribution in [0.2, 0.25) is 0 Å². The molecule has 0 fully saturated rings. The maximum atomic E-state index is 12.0. The number of methoxy groups -OCH3 is 1. The van der Waals surface area contributed by atoms with Gasteiger partial charge in [0.15, 0.2) is 0 Å². The maximum Gasteiger partial charge on any atom is 0.232 e. The lowest BCUT2D eigenvalue weighted by Crippen LogP contribution is -2.16. The molecule has 0 spiro atoms. The van der Waals surface area contributed by atoms with E-state index in [0.717, 1.165) is 10.0 Å². The maximum absolute atomic E-state index is 12.0. The molecule has 0 unspecified atom stereocenters. The molecule has 0 aliphatic rings. The molecular formula is C15H18BrN3O3S. The molecule has 2 aromatic rings. The third-order valence-electron chi connectivity index (χ3n) is 3.13. The van der Waals surface area contributed by atoms with E-state index in [1.165, 1.54) is 7.11 Å². The Hall–Kier alpha value is -1.80. The van der Waals surface area contributed by atoms with Gasteiger partial charge in [-0.1, -0.05) is 13.0 Å². The quantitative estimate of drug-likeness (QED) is 0.776. The molecule has 1 aromatic heterocycles. The van der Waals surface area contributed by atoms with E-state index in [9.17, 15) is 8.42 Å². The van der Waals surface area contributed by atoms with Gasteiger partial charge in [-0.05, 0) is 46.1 Å². The second-order valence-electron chi connectivity index (χ2n) is 4.92. The van der Waals surface area contributed by atoms with E-state index in [0.29, 0.717) is 29.2 Å². The summed E-state index contributed by atoms with van der Waals surface area (Å²) in [5.74, 6) is 0.844. The molecule has 0 amide bonds. The normalized spacial score (nSPS) is 11.3. The summed E-state index contributed by atoms with van der Waals surface area (Å²) in [6, 6.07) is 7.01. The Kier molecular flexibility index (Phi) is 5.48. The number of aromatic nitrogens is 1. The van der Waals surface area contributed by atoms with Gasteiger partial charge in [-0.25, -0.2) is 13.4 Å². The molecule has 2 rings (SSSR count). The summed E-state index contributed by atoms with van der Waals surface area (Å²) in [5, 5.41) is 0. The summed E-state index contributed by atoms with van der Waals surface area (Å²) in [4.78, 5) is 4.09. The molecule has 3 N–H and O–H groups in total. The van der Waals surface area contributed by atoms with Crippen molar-refractivity contribution in [1.82, 2.24) is 4.98 Å². The third-order valence-corrected chi connectivity index (χ3v) is 5.04. The molecule has 0 saturated carbocycles. The fourth-order valence-electron chi connectivity index (χ4n) is 2.12. The van der Waals surface area contributed by atoms with Crippen molar-refractivity contribution in [3.8, 4) is 16.9 Å². The first-order chi connectivity index (χ1) is 10.9. The van der Waals surface area contributed by atoms with Crippen molar-refractivity contribution < 1.29 is 13.2 Å². The van der Waals surface area contributed by atoms with Crippen LogP contribution in [-0.4, -0.2) is 26.3 Å². The Morgan fingerprint density at radius 1 is 1.35 bits per heavy atom. The number of rotatable bonds is 6. The zero-order valence-corrected chi connectivity index (χ0v) is 15.2. The van der Waals surface area contributed by atoms with E-state index in [1.54, 1.807) is 31.3 Å². The predicted octanol–water partition coefficient (Wildman–Crippen LogP) is 3.25. The minimum atomic E-state index is -3.42. The van der Waals surface area contributed by atoms with Gasteiger partial charge in [-0.15, -0.1) is 0 Å². The molecular weight excluding hydrogens is 382 g/mol. The minimum Gasteiger partial charge on any atom is -0.495 e. The van der Waals surface area contributed by atoms with Gasteiger partial charge in [0.2, 0.25) is 10.0 Å². The highest BCUT2D eigenvalue weighted by molar-refractivity contribution is 9.10. The number of ether oxygens (including phenoxy) is 1. The van der Waals surface area contributed by atoms with Crippen LogP contribution < -0.4 is 15.2 Å². The summed E-state index contributed by atoms with van der Waals surface area (Å²) < 4.78 is 32.6. The first-order valence-electron chi connectivity index (χ1n) is 6.96. The van der Waals surface area contributed by atoms with Crippen molar-refractivity contribution in [2.45, 2.75) is 13.3 Å². The largest absolute Gasteiger partial charge is 0.495 e. The highest BCUT2D eigenvalue weighted by Crippen LogP contribution is 2.34. The van der Waals surface area contributed by atoms with Gasteiger partial charge in [-0.3, -0.25) is 4.72 Å². The number of nitrogens with one attached hydrogen (secondary N) is 1. The Labute approximate surface area is 144 Å². The van der Waals surface area contributed by atoms with Crippen molar-refractivity contribution in [2.24, 2.45) is 0 Å². The Morgan fingerprint density at radius 3 is 2.74 bits per heavy atom. The SMILES string of the molecule is CCCS(=O)(=O)Nc1cc(-c2cc(Br)cnc2N)ccc1OC. The molecule has 1 heterocycles. The number of nitrogen functional groups attached to an aromatic ring is 1. The predicted molar refractivity (Wildman–Crippen MR) is 96.0 cm³/mol. The van der Waals surface area contributed by atoms with E-state index >= 15 is 0 Å². The first-order valence-corrected chi connectivity index (χ1v) is 9.40. The number of hydrogen-bond acceptors (Lipinski definition) is 5. The van der Waals surface area contributed by atoms with Crippen LogP contribution in [0.5, 0.6) is 5.75 Å². The van der Waals surface area contributed by atoms with Gasteiger partial charge in [0.25, 0.3) is 0 Å². The molecule has 8 heteroatoms. The van der Waals surface area contributed by atoms with Crippen LogP contribution in [-0.2, 0) is 10.0 Å². The summed E-state index contributed by atoms with van der Waals surface area (Å²) >= 11 is 3.36. The fraction of sp³-hybridized carbons (Fsp3) is 0.267. The van der Waals surface area contributed by atoms with Crippen molar-refractivity contribution in [1.29, 1.82) is 0 Å². The van der Waals surface area contributed by atoms with Crippen molar-refractivity contribution in [3.05, 3.63) is 34.9 Å². The molecule has 0 bridgehead atoms. The lowest BCUT2D eigenvalue weighted by Gasteiger charge is -2.14. The van der Waals surface area contributed by atoms with Gasteiger partial charge < -0.3 is 10.5 Å². The Bertz CT molecular complexity index is 810. The van der Waals surface area contributed by atoms with E-state index in [-0.39, 0.29) is 5.75 Å². The molecule has 0 aliphatic heterocycles. The second kappa shape index (κ2) is 7.18. The van der Waals surface area contributed by atoms with E-state index in [4.69, 9.17) is 10.5 Å². The molecule has 0 saturated heterocycles. The molecule has 124 valence electrons. The van der Waals surface area contributed by atoms with Gasteiger partial charge in [0.05, 0.1) is 18.6 Å². The molecule has 0 aliphatic carbocycles. The van der Waals surface area contributed by atoms with Gasteiger partial charge in [0, 0.05) is 16.2 Å². The van der Waals surface area contributed by atoms with Gasteiger partial charge in [-0.2, -0.15) is 0 Å². The molecule has 0 atom stereocenters. The van der Waals surface area contributed by atoms with Crippen LogP contribution in [0, 0.1) is 0 Å². The lowest BCUT2D eigenvalue weighted by molar-refractivity contribution is 0.417. The molecule has 0 radical (unpaired) electrons. The number of halogens is 1. The lowest BCUT2D eigenvalue weighted by atomic mass is 10.1. The fourth-order valence-corrected chi connectivity index (χ4v) is 3.59. The zero-order chi connectivity index (χ0) is 17.0. The number of sulfonamides is 1. The third kappa shape index (κ3) is 4.35. The minimum absolute atomic E-state index is 0.0426. The van der Waals surface area contributed by atoms with Crippen LogP contribution in [0.25, 0.3) is 11.1 Å². The number of benzene rings is 1. The Balaban J connectivity index is 2.49. The smallest absolute Gasteiger partial charge is 0.232 e. The van der Waals surface area contributed by atoms with Gasteiger partial charge >= 0.3 is 0 Å². The van der Waals surface area contributed by atoms with Crippen molar-refractivity contribution in [2.75, 3.05) is 23.3 Å². The summed E-state index contributed by atoms with van der Waals surface area (Å²) in [6.45, 7) is 1.81. The van der Waals surface area contributed by atoms with E-state index < -0.39 is 10.0 Å². The van der Waals surface area contributed by atoms with E-state index in [2.05, 4.69) is 25.6 Å². The number of pyridine rings is 1. The standard InChI is InChI=1S/C15H18BrN3O3S/c1-3-6-23(20,21)19-13-7-10(4-5-14(13)22-2)12-8-11(16)9-18-15(12)17/h4-5,7-9,19H,3,6H2,1-2H3,(H2,17,18). The van der Waals surface area contributed by atoms with Crippen LogP contribution in [0.15, 0.2) is 34.9 Å². The van der Waals surface area contributed by atoms with Crippen molar-refractivity contribution in [3.63, 3.8) is 0 Å². The zero-order valence-electron chi connectivity index (χ0n) is 12.8. The number of hydrogen-bond donors (Lipinski definition) is 2. The van der Waals surface area contributed by atoms with Crippen LogP contribution in [0.4, 0.5) is 11.5 Å². The van der Waals surface area contributed by atoms with Crippen LogP contribution >= 0.6 is 15.9 Å². The monoisotopic (exact) mass is 399 g/mol. The first kappa shape index (κ1) is 17.6. The average Bonchev–Trinajstić information content (AvgIpc) is 2.49. The molecule has 1 aromatic carbocycles. The highest BCUT2D eigenvalue weighted by Gasteiger charge is 2.15. The second-order valence-corrected chi connectivity index (χ2v) is 7.68. The summed E-state index contributed by atoms with van der Waals surface area (Å²) in [6.07, 6.45) is 2.13. The Morgan fingerprint density at radius 2 is 2.09 bits per heavy atom. The van der Waals surface area contributed by atoms with Crippen molar-refractivity contribution >= 4 is 37.5 Å². The number of nitrogens with zero attached hydrogens (tertiary/aromatic N) is 1.